The number of amides is 1. The molecule has 1 amide bonds. The van der Waals surface area contributed by atoms with E-state index in [-0.39, 0.29) is 5.56 Å². The molecule has 2 rings (SSSR count). The van der Waals surface area contributed by atoms with Gasteiger partial charge >= 0.3 is 6.18 Å². The summed E-state index contributed by atoms with van der Waals surface area (Å²) < 4.78 is 42.5. The Balaban J connectivity index is 1.89. The highest BCUT2D eigenvalue weighted by atomic mass is 19.4. The molecule has 1 N–H and O–H groups in total. The van der Waals surface area contributed by atoms with Crippen LogP contribution in [0, 0.1) is 0 Å². The summed E-state index contributed by atoms with van der Waals surface area (Å²) in [5.74, 6) is 0.332. The monoisotopic (exact) mass is 323 g/mol. The Hall–Kier alpha value is -2.50. The Bertz CT molecular complexity index is 666. The minimum atomic E-state index is -4.40. The SMILES string of the molecule is COc1cccc(CCNC(=O)c2ccc(C(F)(F)F)cc2)c1. The number of hydrogen-bond acceptors (Lipinski definition) is 2. The molecule has 0 aromatic heterocycles. The zero-order chi connectivity index (χ0) is 16.9. The topological polar surface area (TPSA) is 38.3 Å². The minimum absolute atomic E-state index is 0.198. The highest BCUT2D eigenvalue weighted by molar-refractivity contribution is 5.94. The van der Waals surface area contributed by atoms with E-state index in [1.54, 1.807) is 7.11 Å². The largest absolute Gasteiger partial charge is 0.497 e. The van der Waals surface area contributed by atoms with Gasteiger partial charge in [0.1, 0.15) is 5.75 Å². The van der Waals surface area contributed by atoms with Crippen LogP contribution in [0.3, 0.4) is 0 Å². The lowest BCUT2D eigenvalue weighted by molar-refractivity contribution is -0.137. The molecule has 0 saturated carbocycles. The van der Waals surface area contributed by atoms with Crippen molar-refractivity contribution < 1.29 is 22.7 Å². The molecule has 0 bridgehead atoms. The average molecular weight is 323 g/mol. The predicted molar refractivity (Wildman–Crippen MR) is 80.5 cm³/mol. The molecule has 0 saturated heterocycles. The summed E-state index contributed by atoms with van der Waals surface area (Å²) in [7, 11) is 1.57. The maximum absolute atomic E-state index is 12.5. The molecule has 0 atom stereocenters. The molecule has 0 radical (unpaired) electrons. The number of rotatable bonds is 5. The van der Waals surface area contributed by atoms with Gasteiger partial charge in [0.25, 0.3) is 5.91 Å². The van der Waals surface area contributed by atoms with Crippen molar-refractivity contribution in [2.75, 3.05) is 13.7 Å². The first-order valence-corrected chi connectivity index (χ1v) is 6.98. The molecule has 2 aromatic carbocycles. The summed E-state index contributed by atoms with van der Waals surface area (Å²) in [6.07, 6.45) is -3.80. The van der Waals surface area contributed by atoms with Crippen molar-refractivity contribution in [1.82, 2.24) is 5.32 Å². The number of benzene rings is 2. The third-order valence-electron chi connectivity index (χ3n) is 3.31. The number of carbonyl (C=O) groups is 1. The van der Waals surface area contributed by atoms with Crippen LogP contribution < -0.4 is 10.1 Å². The molecule has 0 spiro atoms. The van der Waals surface area contributed by atoms with Crippen molar-refractivity contribution in [3.8, 4) is 5.75 Å². The lowest BCUT2D eigenvalue weighted by Gasteiger charge is -2.09. The number of alkyl halides is 3. The van der Waals surface area contributed by atoms with Gasteiger partial charge in [-0.25, -0.2) is 0 Å². The summed E-state index contributed by atoms with van der Waals surface area (Å²) in [5.41, 5.74) is 0.422. The van der Waals surface area contributed by atoms with Crippen molar-refractivity contribution in [1.29, 1.82) is 0 Å². The van der Waals surface area contributed by atoms with Crippen LogP contribution >= 0.6 is 0 Å². The van der Waals surface area contributed by atoms with Gasteiger partial charge in [-0.15, -0.1) is 0 Å². The number of hydrogen-bond donors (Lipinski definition) is 1. The van der Waals surface area contributed by atoms with Crippen LogP contribution in [0.2, 0.25) is 0 Å². The highest BCUT2D eigenvalue weighted by Gasteiger charge is 2.30. The first-order valence-electron chi connectivity index (χ1n) is 6.98. The Labute approximate surface area is 132 Å². The van der Waals surface area contributed by atoms with E-state index in [2.05, 4.69) is 5.32 Å². The first-order chi connectivity index (χ1) is 10.9. The standard InChI is InChI=1S/C17H16F3NO2/c1-23-15-4-2-3-12(11-15)9-10-21-16(22)13-5-7-14(8-6-13)17(18,19)20/h2-8,11H,9-10H2,1H3,(H,21,22). The fourth-order valence-electron chi connectivity index (χ4n) is 2.06. The highest BCUT2D eigenvalue weighted by Crippen LogP contribution is 2.29. The van der Waals surface area contributed by atoms with Crippen molar-refractivity contribution in [3.05, 3.63) is 65.2 Å². The number of halogens is 3. The molecular formula is C17H16F3NO2. The molecule has 0 unspecified atom stereocenters. The molecule has 23 heavy (non-hydrogen) atoms. The van der Waals surface area contributed by atoms with Crippen molar-refractivity contribution >= 4 is 5.91 Å². The molecule has 122 valence electrons. The maximum atomic E-state index is 12.5. The van der Waals surface area contributed by atoms with Gasteiger partial charge in [0.2, 0.25) is 0 Å². The molecule has 3 nitrogen and oxygen atoms in total. The van der Waals surface area contributed by atoms with Gasteiger partial charge in [-0.1, -0.05) is 12.1 Å². The van der Waals surface area contributed by atoms with Crippen molar-refractivity contribution in [3.63, 3.8) is 0 Å². The van der Waals surface area contributed by atoms with Crippen LogP contribution in [0.1, 0.15) is 21.5 Å². The quantitative estimate of drug-likeness (QED) is 0.911. The van der Waals surface area contributed by atoms with Gasteiger partial charge in [-0.05, 0) is 48.4 Å². The van der Waals surface area contributed by atoms with Gasteiger partial charge in [-0.3, -0.25) is 4.79 Å². The normalized spacial score (nSPS) is 11.1. The molecular weight excluding hydrogens is 307 g/mol. The summed E-state index contributed by atoms with van der Waals surface area (Å²) in [6.45, 7) is 0.382. The second-order valence-electron chi connectivity index (χ2n) is 4.93. The summed E-state index contributed by atoms with van der Waals surface area (Å²) >= 11 is 0. The fourth-order valence-corrected chi connectivity index (χ4v) is 2.06. The molecule has 0 aliphatic heterocycles. The molecule has 6 heteroatoms. The first kappa shape index (κ1) is 16.9. The molecule has 0 aliphatic carbocycles. The summed E-state index contributed by atoms with van der Waals surface area (Å²) in [4.78, 5) is 11.9. The van der Waals surface area contributed by atoms with Crippen LogP contribution in [0.4, 0.5) is 13.2 Å². The van der Waals surface area contributed by atoms with Crippen LogP contribution in [-0.2, 0) is 12.6 Å². The third kappa shape index (κ3) is 4.74. The van der Waals surface area contributed by atoms with Crippen LogP contribution in [0.25, 0.3) is 0 Å². The average Bonchev–Trinajstić information content (AvgIpc) is 2.54. The van der Waals surface area contributed by atoms with E-state index in [4.69, 9.17) is 4.74 Å². The summed E-state index contributed by atoms with van der Waals surface area (Å²) in [6, 6.07) is 11.6. The van der Waals surface area contributed by atoms with Gasteiger partial charge in [-0.2, -0.15) is 13.2 Å². The molecule has 0 fully saturated rings. The molecule has 2 aromatic rings. The Morgan fingerprint density at radius 3 is 2.43 bits per heavy atom. The van der Waals surface area contributed by atoms with E-state index in [9.17, 15) is 18.0 Å². The zero-order valence-corrected chi connectivity index (χ0v) is 12.5. The number of ether oxygens (including phenoxy) is 1. The zero-order valence-electron chi connectivity index (χ0n) is 12.5. The van der Waals surface area contributed by atoms with Crippen LogP contribution in [0.5, 0.6) is 5.75 Å². The Morgan fingerprint density at radius 2 is 1.83 bits per heavy atom. The third-order valence-corrected chi connectivity index (χ3v) is 3.31. The minimum Gasteiger partial charge on any atom is -0.497 e. The maximum Gasteiger partial charge on any atom is 0.416 e. The van der Waals surface area contributed by atoms with E-state index < -0.39 is 17.6 Å². The smallest absolute Gasteiger partial charge is 0.416 e. The molecule has 0 aliphatic rings. The van der Waals surface area contributed by atoms with Gasteiger partial charge in [0, 0.05) is 12.1 Å². The fraction of sp³-hybridized carbons (Fsp3) is 0.235. The van der Waals surface area contributed by atoms with E-state index in [0.29, 0.717) is 13.0 Å². The number of carbonyl (C=O) groups excluding carboxylic acids is 1. The van der Waals surface area contributed by atoms with E-state index in [0.717, 1.165) is 23.4 Å². The summed E-state index contributed by atoms with van der Waals surface area (Å²) in [5, 5.41) is 2.68. The van der Waals surface area contributed by atoms with Gasteiger partial charge in [0.15, 0.2) is 0 Å². The number of nitrogens with one attached hydrogen (secondary N) is 1. The Morgan fingerprint density at radius 1 is 1.13 bits per heavy atom. The Kier molecular flexibility index (Phi) is 5.26. The second-order valence-corrected chi connectivity index (χ2v) is 4.93. The molecule has 0 heterocycles. The van der Waals surface area contributed by atoms with Gasteiger partial charge in [0.05, 0.1) is 12.7 Å². The predicted octanol–water partition coefficient (Wildman–Crippen LogP) is 3.69. The van der Waals surface area contributed by atoms with E-state index >= 15 is 0 Å². The second kappa shape index (κ2) is 7.17. The lowest BCUT2D eigenvalue weighted by atomic mass is 10.1. The van der Waals surface area contributed by atoms with Crippen molar-refractivity contribution in [2.24, 2.45) is 0 Å². The van der Waals surface area contributed by atoms with Crippen LogP contribution in [-0.4, -0.2) is 19.6 Å². The van der Waals surface area contributed by atoms with E-state index in [1.165, 1.54) is 12.1 Å². The van der Waals surface area contributed by atoms with E-state index in [1.807, 2.05) is 24.3 Å². The van der Waals surface area contributed by atoms with Crippen molar-refractivity contribution in [2.45, 2.75) is 12.6 Å². The number of methoxy groups -OCH3 is 1. The lowest BCUT2D eigenvalue weighted by Crippen LogP contribution is -2.25. The van der Waals surface area contributed by atoms with Gasteiger partial charge < -0.3 is 10.1 Å². The van der Waals surface area contributed by atoms with Crippen LogP contribution in [0.15, 0.2) is 48.5 Å².